The molecule has 18 N–H and O–H groups in total. The molecule has 110 valence electrons. The molecule has 0 spiro atoms. The van der Waals surface area contributed by atoms with Crippen LogP contribution in [0.15, 0.2) is 0 Å². The third-order valence-electron chi connectivity index (χ3n) is 0.258. The normalized spacial score (nSPS) is 4.00. The topological polar surface area (TPSA) is 282 Å². The Morgan fingerprint density at radius 1 is 0.600 bits per heavy atom. The van der Waals surface area contributed by atoms with E-state index in [9.17, 15) is 0 Å². The van der Waals surface area contributed by atoms with Gasteiger partial charge in [-0.25, -0.2) is 0 Å². The number of aliphatic hydroxyl groups excluding tert-OH is 2. The van der Waals surface area contributed by atoms with Crippen LogP contribution < -0.4 is 11.5 Å². The van der Waals surface area contributed by atoms with Gasteiger partial charge in [-0.1, -0.05) is 0 Å². The second kappa shape index (κ2) is 137. The first-order chi connectivity index (χ1) is 3.83. The van der Waals surface area contributed by atoms with Crippen molar-refractivity contribution in [2.45, 2.75) is 0 Å². The van der Waals surface area contributed by atoms with Crippen molar-refractivity contribution in [1.82, 2.24) is 0 Å². The maximum absolute atomic E-state index is 7.75. The second-order valence-electron chi connectivity index (χ2n) is 1.02. The molecule has 0 amide bonds. The molecule has 0 aliphatic heterocycles. The van der Waals surface area contributed by atoms with Crippen LogP contribution in [0.3, 0.4) is 0 Å². The summed E-state index contributed by atoms with van der Waals surface area (Å²) in [5.74, 6) is 0. The van der Waals surface area contributed by atoms with E-state index in [0.717, 1.165) is 0 Å². The Labute approximate surface area is 102 Å². The number of aliphatic hydroxyl groups is 2. The molecule has 0 aromatic heterocycles. The predicted molar refractivity (Wildman–Crippen MR) is 54.0 cm³/mol. The summed E-state index contributed by atoms with van der Waals surface area (Å²) in [6, 6.07) is 0. The van der Waals surface area contributed by atoms with Crippen molar-refractivity contribution in [1.29, 1.82) is 0 Å². The molecule has 15 heavy (non-hydrogen) atoms. The van der Waals surface area contributed by atoms with E-state index >= 15 is 0 Å². The quantitative estimate of drug-likeness (QED) is 0.335. The predicted octanol–water partition coefficient (Wildman–Crippen LogP) is -7.08. The fraction of sp³-hybridized carbons (Fsp3) is 1.00. The first-order valence-corrected chi connectivity index (χ1v) is 2.45. The molecule has 0 atom stereocenters. The van der Waals surface area contributed by atoms with Crippen LogP contribution in [0.5, 0.6) is 0 Å². The van der Waals surface area contributed by atoms with Crippen molar-refractivity contribution in [3.63, 3.8) is 0 Å². The molecule has 0 aromatic rings. The third-order valence-corrected chi connectivity index (χ3v) is 0.258. The molecule has 0 rings (SSSR count). The molecule has 0 saturated carbocycles. The minimum absolute atomic E-state index is 0. The number of hydrogen-bond donors (Lipinski definition) is 4. The number of nitrogens with two attached hydrogens (primary N) is 2. The van der Waals surface area contributed by atoms with Crippen molar-refractivity contribution in [3.05, 3.63) is 0 Å². The maximum atomic E-state index is 7.75. The van der Waals surface area contributed by atoms with Gasteiger partial charge in [0.25, 0.3) is 0 Å². The van der Waals surface area contributed by atoms with Crippen LogP contribution in [0, 0.1) is 0 Å². The Kier molecular flexibility index (Phi) is 722. The molecule has 0 aromatic carbocycles. The van der Waals surface area contributed by atoms with Crippen LogP contribution in [-0.2, 0) is 21.1 Å². The summed E-state index contributed by atoms with van der Waals surface area (Å²) in [7, 11) is 0. The molecule has 0 heterocycles. The molecule has 0 fully saturated rings. The van der Waals surface area contributed by atoms with Crippen molar-refractivity contribution in [3.8, 4) is 0 Å². The van der Waals surface area contributed by atoms with Crippen LogP contribution in [-0.4, -0.2) is 69.4 Å². The number of hydrogen-bond acceptors (Lipinski definition) is 4. The van der Waals surface area contributed by atoms with Crippen LogP contribution >= 0.6 is 0 Å². The second-order valence-corrected chi connectivity index (χ2v) is 1.02. The summed E-state index contributed by atoms with van der Waals surface area (Å²) in [5.41, 5.74) is 9.56. The van der Waals surface area contributed by atoms with Gasteiger partial charge in [0.05, 0.1) is 13.2 Å². The van der Waals surface area contributed by atoms with Gasteiger partial charge in [0.15, 0.2) is 0 Å². The van der Waals surface area contributed by atoms with Gasteiger partial charge in [-0.05, 0) is 0 Å². The van der Waals surface area contributed by atoms with Crippen LogP contribution in [0.4, 0.5) is 0 Å². The fourth-order valence-electron chi connectivity index (χ4n) is 0. The Morgan fingerprint density at radius 2 is 0.667 bits per heavy atom. The molecular weight excluding hydrogens is 399 g/mol. The fourth-order valence-corrected chi connectivity index (χ4v) is 0. The maximum Gasteiger partial charge on any atom is 0.0553 e. The Morgan fingerprint density at radius 3 is 0.667 bits per heavy atom. The first kappa shape index (κ1) is 78.9. The average Bonchev–Trinajstić information content (AvgIpc) is 1.88. The van der Waals surface area contributed by atoms with Gasteiger partial charge in [-0.15, -0.1) is 0 Å². The van der Waals surface area contributed by atoms with E-state index in [4.69, 9.17) is 21.7 Å². The van der Waals surface area contributed by atoms with Gasteiger partial charge >= 0.3 is 0 Å². The monoisotopic (exact) mass is 425 g/mol. The Hall–Kier alpha value is 0.288. The Balaban J connectivity index is -0.00000000468. The minimum Gasteiger partial charge on any atom is -0.412 e. The Bertz CT molecular complexity index is 32.6. The first-order valence-electron chi connectivity index (χ1n) is 2.45. The molecule has 0 radical (unpaired) electrons. The SMILES string of the molecule is NCCO.NCCO.O.O.O.O.O.O.[Pt]. The zero-order valence-corrected chi connectivity index (χ0v) is 10.5. The van der Waals surface area contributed by atoms with Crippen LogP contribution in [0.2, 0.25) is 0 Å². The summed E-state index contributed by atoms with van der Waals surface area (Å²) >= 11 is 0. The van der Waals surface area contributed by atoms with E-state index in [1.807, 2.05) is 0 Å². The molecule has 0 unspecified atom stereocenters. The van der Waals surface area contributed by atoms with Crippen LogP contribution in [0.25, 0.3) is 0 Å². The zero-order valence-electron chi connectivity index (χ0n) is 8.19. The largest absolute Gasteiger partial charge is 0.412 e. The molecule has 11 heteroatoms. The van der Waals surface area contributed by atoms with Gasteiger partial charge in [0, 0.05) is 34.2 Å². The van der Waals surface area contributed by atoms with E-state index in [1.54, 1.807) is 0 Å². The molecule has 10 nitrogen and oxygen atoms in total. The summed E-state index contributed by atoms with van der Waals surface area (Å²) in [6.07, 6.45) is 0. The van der Waals surface area contributed by atoms with Gasteiger partial charge in [-0.3, -0.25) is 0 Å². The smallest absolute Gasteiger partial charge is 0.0553 e. The van der Waals surface area contributed by atoms with Gasteiger partial charge in [0.1, 0.15) is 0 Å². The van der Waals surface area contributed by atoms with Crippen molar-refractivity contribution in [2.24, 2.45) is 11.5 Å². The molecule has 0 aliphatic rings. The van der Waals surface area contributed by atoms with Crippen molar-refractivity contribution >= 4 is 0 Å². The summed E-state index contributed by atoms with van der Waals surface area (Å²) in [4.78, 5) is 0. The van der Waals surface area contributed by atoms with E-state index in [0.29, 0.717) is 13.1 Å². The zero-order chi connectivity index (χ0) is 6.83. The summed E-state index contributed by atoms with van der Waals surface area (Å²) in [6.45, 7) is 0.944. The third kappa shape index (κ3) is 412. The van der Waals surface area contributed by atoms with E-state index in [-0.39, 0.29) is 67.1 Å². The summed E-state index contributed by atoms with van der Waals surface area (Å²) in [5, 5.41) is 15.5. The van der Waals surface area contributed by atoms with E-state index in [1.165, 1.54) is 0 Å². The van der Waals surface area contributed by atoms with Gasteiger partial charge in [-0.2, -0.15) is 0 Å². The number of rotatable bonds is 2. The minimum atomic E-state index is 0. The van der Waals surface area contributed by atoms with Crippen LogP contribution in [0.1, 0.15) is 0 Å². The van der Waals surface area contributed by atoms with Crippen molar-refractivity contribution in [2.75, 3.05) is 26.3 Å². The standard InChI is InChI=1S/2C2H7NO.6H2O.Pt/c2*3-1-2-4;;;;;;;/h2*4H,1-3H2;6*1H2;. The molecule has 0 bridgehead atoms. The molecule has 0 aliphatic carbocycles. The van der Waals surface area contributed by atoms with Crippen molar-refractivity contribution < 1.29 is 64.1 Å². The van der Waals surface area contributed by atoms with Gasteiger partial charge in [0.2, 0.25) is 0 Å². The molecule has 0 saturated heterocycles. The van der Waals surface area contributed by atoms with Gasteiger partial charge < -0.3 is 54.5 Å². The van der Waals surface area contributed by atoms with E-state index < -0.39 is 0 Å². The summed E-state index contributed by atoms with van der Waals surface area (Å²) < 4.78 is 0. The molecular formula is C4H26N2O8Pt. The average molecular weight is 425 g/mol. The van der Waals surface area contributed by atoms with E-state index in [2.05, 4.69) is 0 Å².